The second-order valence-corrected chi connectivity index (χ2v) is 4.23. The zero-order valence-electron chi connectivity index (χ0n) is 9.32. The zero-order valence-corrected chi connectivity index (χ0v) is 9.32. The first kappa shape index (κ1) is 12.5. The van der Waals surface area contributed by atoms with E-state index in [1.807, 2.05) is 0 Å². The molecule has 0 spiro atoms. The third kappa shape index (κ3) is 2.95. The van der Waals surface area contributed by atoms with Crippen LogP contribution in [0.1, 0.15) is 26.7 Å². The fourth-order valence-corrected chi connectivity index (χ4v) is 1.58. The lowest BCUT2D eigenvalue weighted by Crippen LogP contribution is -2.50. The van der Waals surface area contributed by atoms with Crippen molar-refractivity contribution in [2.24, 2.45) is 5.92 Å². The van der Waals surface area contributed by atoms with E-state index in [1.54, 1.807) is 13.8 Å². The van der Waals surface area contributed by atoms with Gasteiger partial charge in [-0.15, -0.1) is 0 Å². The van der Waals surface area contributed by atoms with Crippen LogP contribution in [0.2, 0.25) is 0 Å². The summed E-state index contributed by atoms with van der Waals surface area (Å²) in [4.78, 5) is 33.4. The summed E-state index contributed by atoms with van der Waals surface area (Å²) in [6.07, 6.45) is 0.743. The topological polar surface area (TPSA) is 95.5 Å². The maximum Gasteiger partial charge on any atom is 0.326 e. The molecule has 0 aromatic rings. The monoisotopic (exact) mass is 228 g/mol. The molecule has 2 atom stereocenters. The predicted molar refractivity (Wildman–Crippen MR) is 55.6 cm³/mol. The largest absolute Gasteiger partial charge is 0.480 e. The smallest absolute Gasteiger partial charge is 0.326 e. The summed E-state index contributed by atoms with van der Waals surface area (Å²) in [6, 6.07) is -1.50. The van der Waals surface area contributed by atoms with Gasteiger partial charge in [-0.3, -0.25) is 9.59 Å². The molecule has 1 aliphatic heterocycles. The third-order valence-electron chi connectivity index (χ3n) is 2.54. The molecule has 0 radical (unpaired) electrons. The molecule has 6 heteroatoms. The summed E-state index contributed by atoms with van der Waals surface area (Å²) in [5.74, 6) is -1.85. The Morgan fingerprint density at radius 1 is 1.50 bits per heavy atom. The van der Waals surface area contributed by atoms with Crippen LogP contribution >= 0.6 is 0 Å². The van der Waals surface area contributed by atoms with Crippen molar-refractivity contribution in [1.82, 2.24) is 10.6 Å². The number of nitrogens with one attached hydrogen (secondary N) is 2. The highest BCUT2D eigenvalue weighted by Crippen LogP contribution is 2.08. The number of rotatable bonds is 4. The van der Waals surface area contributed by atoms with Crippen LogP contribution in [0.3, 0.4) is 0 Å². The minimum absolute atomic E-state index is 0.170. The van der Waals surface area contributed by atoms with Crippen molar-refractivity contribution in [3.8, 4) is 0 Å². The van der Waals surface area contributed by atoms with E-state index in [2.05, 4.69) is 10.6 Å². The summed E-state index contributed by atoms with van der Waals surface area (Å²) in [5.41, 5.74) is 0. The number of hydrogen-bond acceptors (Lipinski definition) is 3. The second kappa shape index (κ2) is 4.96. The minimum Gasteiger partial charge on any atom is -0.480 e. The van der Waals surface area contributed by atoms with E-state index in [-0.39, 0.29) is 11.8 Å². The first-order chi connectivity index (χ1) is 7.41. The van der Waals surface area contributed by atoms with Gasteiger partial charge in [0.1, 0.15) is 12.1 Å². The van der Waals surface area contributed by atoms with Gasteiger partial charge in [0.05, 0.1) is 0 Å². The number of hydrogen-bond donors (Lipinski definition) is 3. The van der Waals surface area contributed by atoms with Crippen molar-refractivity contribution in [3.05, 3.63) is 0 Å². The Balaban J connectivity index is 2.55. The molecular weight excluding hydrogens is 212 g/mol. The molecule has 1 aliphatic rings. The number of carbonyl (C=O) groups excluding carboxylic acids is 2. The number of carboxylic acids is 1. The average molecular weight is 228 g/mol. The standard InChI is InChI=1S/C10H16N2O4/c1-5(2)8(10(15)16)12-9(14)6-3-4-7(13)11-6/h5-6,8H,3-4H2,1-2H3,(H,11,13)(H,12,14)(H,15,16)/t6-,8?/m0/s1. The maximum absolute atomic E-state index is 11.6. The first-order valence-corrected chi connectivity index (χ1v) is 5.24. The van der Waals surface area contributed by atoms with E-state index >= 15 is 0 Å². The van der Waals surface area contributed by atoms with Gasteiger partial charge in [0.2, 0.25) is 11.8 Å². The molecule has 1 saturated heterocycles. The molecule has 3 N–H and O–H groups in total. The van der Waals surface area contributed by atoms with Gasteiger partial charge in [-0.25, -0.2) is 4.79 Å². The van der Waals surface area contributed by atoms with Gasteiger partial charge in [-0.05, 0) is 12.3 Å². The minimum atomic E-state index is -1.06. The van der Waals surface area contributed by atoms with Crippen molar-refractivity contribution < 1.29 is 19.5 Å². The van der Waals surface area contributed by atoms with Crippen molar-refractivity contribution in [2.75, 3.05) is 0 Å². The normalized spacial score (nSPS) is 21.7. The Morgan fingerprint density at radius 3 is 2.50 bits per heavy atom. The Bertz CT molecular complexity index is 314. The maximum atomic E-state index is 11.6. The van der Waals surface area contributed by atoms with E-state index < -0.39 is 24.0 Å². The van der Waals surface area contributed by atoms with E-state index in [1.165, 1.54) is 0 Å². The van der Waals surface area contributed by atoms with Gasteiger partial charge in [0.25, 0.3) is 0 Å². The van der Waals surface area contributed by atoms with Crippen molar-refractivity contribution in [1.29, 1.82) is 0 Å². The Hall–Kier alpha value is -1.59. The summed E-state index contributed by atoms with van der Waals surface area (Å²) in [6.45, 7) is 3.43. The van der Waals surface area contributed by atoms with Gasteiger partial charge in [-0.1, -0.05) is 13.8 Å². The molecule has 0 saturated carbocycles. The first-order valence-electron chi connectivity index (χ1n) is 5.24. The van der Waals surface area contributed by atoms with Crippen LogP contribution < -0.4 is 10.6 Å². The number of carboxylic acid groups (broad SMARTS) is 1. The summed E-state index contributed by atoms with van der Waals surface area (Å²) in [5, 5.41) is 13.8. The van der Waals surface area contributed by atoms with Gasteiger partial charge in [0.15, 0.2) is 0 Å². The summed E-state index contributed by atoms with van der Waals surface area (Å²) in [7, 11) is 0. The zero-order chi connectivity index (χ0) is 12.3. The van der Waals surface area contributed by atoms with E-state index in [0.29, 0.717) is 12.8 Å². The van der Waals surface area contributed by atoms with Gasteiger partial charge >= 0.3 is 5.97 Å². The second-order valence-electron chi connectivity index (χ2n) is 4.23. The van der Waals surface area contributed by atoms with Crippen LogP contribution in [0.25, 0.3) is 0 Å². The molecule has 0 bridgehead atoms. The molecule has 1 heterocycles. The molecule has 0 aromatic carbocycles. The molecule has 16 heavy (non-hydrogen) atoms. The van der Waals surface area contributed by atoms with Crippen LogP contribution in [0, 0.1) is 5.92 Å². The molecule has 1 unspecified atom stereocenters. The fraction of sp³-hybridized carbons (Fsp3) is 0.700. The fourth-order valence-electron chi connectivity index (χ4n) is 1.58. The SMILES string of the molecule is CC(C)C(NC(=O)[C@@H]1CCC(=O)N1)C(=O)O. The third-order valence-corrected chi connectivity index (χ3v) is 2.54. The quantitative estimate of drug-likeness (QED) is 0.604. The molecule has 1 fully saturated rings. The number of amides is 2. The van der Waals surface area contributed by atoms with Crippen LogP contribution in [0.4, 0.5) is 0 Å². The summed E-state index contributed by atoms with van der Waals surface area (Å²) < 4.78 is 0. The van der Waals surface area contributed by atoms with Crippen LogP contribution in [-0.2, 0) is 14.4 Å². The lowest BCUT2D eigenvalue weighted by atomic mass is 10.0. The highest BCUT2D eigenvalue weighted by Gasteiger charge is 2.31. The van der Waals surface area contributed by atoms with Crippen LogP contribution in [0.5, 0.6) is 0 Å². The van der Waals surface area contributed by atoms with Gasteiger partial charge in [-0.2, -0.15) is 0 Å². The van der Waals surface area contributed by atoms with E-state index in [4.69, 9.17) is 5.11 Å². The van der Waals surface area contributed by atoms with Crippen LogP contribution in [-0.4, -0.2) is 35.0 Å². The lowest BCUT2D eigenvalue weighted by molar-refractivity contribution is -0.143. The summed E-state index contributed by atoms with van der Waals surface area (Å²) >= 11 is 0. The Morgan fingerprint density at radius 2 is 2.12 bits per heavy atom. The van der Waals surface area contributed by atoms with Crippen molar-refractivity contribution in [3.63, 3.8) is 0 Å². The van der Waals surface area contributed by atoms with E-state index in [0.717, 1.165) is 0 Å². The Labute approximate surface area is 93.4 Å². The molecule has 0 aromatic heterocycles. The highest BCUT2D eigenvalue weighted by atomic mass is 16.4. The molecule has 90 valence electrons. The Kier molecular flexibility index (Phi) is 3.87. The van der Waals surface area contributed by atoms with E-state index in [9.17, 15) is 14.4 Å². The van der Waals surface area contributed by atoms with Gasteiger partial charge in [0, 0.05) is 6.42 Å². The number of carbonyl (C=O) groups is 3. The molecule has 2 amide bonds. The molecule has 0 aliphatic carbocycles. The average Bonchev–Trinajstić information content (AvgIpc) is 2.59. The number of aliphatic carboxylic acids is 1. The van der Waals surface area contributed by atoms with Gasteiger partial charge < -0.3 is 15.7 Å². The molecule has 1 rings (SSSR count). The lowest BCUT2D eigenvalue weighted by Gasteiger charge is -2.20. The predicted octanol–water partition coefficient (Wildman–Crippen LogP) is -0.510. The van der Waals surface area contributed by atoms with Crippen molar-refractivity contribution >= 4 is 17.8 Å². The highest BCUT2D eigenvalue weighted by molar-refractivity contribution is 5.92. The molecular formula is C10H16N2O4. The van der Waals surface area contributed by atoms with Crippen molar-refractivity contribution in [2.45, 2.75) is 38.8 Å². The molecule has 6 nitrogen and oxygen atoms in total. The van der Waals surface area contributed by atoms with Crippen LogP contribution in [0.15, 0.2) is 0 Å².